The molecule has 1 rings (SSSR count). The Morgan fingerprint density at radius 1 is 1.59 bits per heavy atom. The van der Waals surface area contributed by atoms with Crippen molar-refractivity contribution in [3.05, 3.63) is 0 Å². The SMILES string of the molecule is COCCC(C)(O)CNC1(CC(=O)O)CNC1. The number of nitrogens with one attached hydrogen (secondary N) is 2. The molecule has 1 atom stereocenters. The lowest BCUT2D eigenvalue weighted by atomic mass is 9.87. The van der Waals surface area contributed by atoms with Gasteiger partial charge >= 0.3 is 5.97 Å². The van der Waals surface area contributed by atoms with Crippen molar-refractivity contribution >= 4 is 5.97 Å². The van der Waals surface area contributed by atoms with E-state index in [9.17, 15) is 9.90 Å². The maximum atomic E-state index is 10.8. The lowest BCUT2D eigenvalue weighted by Crippen LogP contribution is -2.70. The van der Waals surface area contributed by atoms with Gasteiger partial charge in [-0.25, -0.2) is 0 Å². The summed E-state index contributed by atoms with van der Waals surface area (Å²) in [6.45, 7) is 3.82. The number of carboxylic acid groups (broad SMARTS) is 1. The minimum absolute atomic E-state index is 0.0698. The normalized spacial score (nSPS) is 21.6. The molecule has 0 aliphatic carbocycles. The number of methoxy groups -OCH3 is 1. The van der Waals surface area contributed by atoms with Crippen LogP contribution in [0.25, 0.3) is 0 Å². The standard InChI is InChI=1S/C11H22N2O4/c1-10(16,3-4-17-2)6-13-11(5-9(14)15)7-12-8-11/h12-13,16H,3-8H2,1-2H3,(H,14,15). The number of β-amino-alcohol motifs (C(OH)–C–C–N with tert-alkyl or cyclic N) is 1. The van der Waals surface area contributed by atoms with Crippen LogP contribution in [0.15, 0.2) is 0 Å². The van der Waals surface area contributed by atoms with Crippen LogP contribution in [0.4, 0.5) is 0 Å². The monoisotopic (exact) mass is 246 g/mol. The molecule has 1 aliphatic rings. The molecule has 6 heteroatoms. The third-order valence-electron chi connectivity index (χ3n) is 3.11. The van der Waals surface area contributed by atoms with Crippen LogP contribution in [0.5, 0.6) is 0 Å². The van der Waals surface area contributed by atoms with Gasteiger partial charge in [-0.1, -0.05) is 0 Å². The molecule has 0 amide bonds. The Balaban J connectivity index is 2.39. The van der Waals surface area contributed by atoms with Gasteiger partial charge in [0.1, 0.15) is 0 Å². The van der Waals surface area contributed by atoms with Crippen molar-refractivity contribution in [2.45, 2.75) is 30.9 Å². The zero-order valence-corrected chi connectivity index (χ0v) is 10.5. The predicted molar refractivity (Wildman–Crippen MR) is 63.0 cm³/mol. The van der Waals surface area contributed by atoms with Gasteiger partial charge in [0.25, 0.3) is 0 Å². The highest BCUT2D eigenvalue weighted by atomic mass is 16.5. The molecule has 0 radical (unpaired) electrons. The van der Waals surface area contributed by atoms with Gasteiger partial charge in [-0.2, -0.15) is 0 Å². The molecule has 17 heavy (non-hydrogen) atoms. The van der Waals surface area contributed by atoms with Gasteiger partial charge < -0.3 is 25.6 Å². The summed E-state index contributed by atoms with van der Waals surface area (Å²) in [6, 6.07) is 0. The molecule has 0 aromatic carbocycles. The van der Waals surface area contributed by atoms with Crippen molar-refractivity contribution in [2.75, 3.05) is 33.4 Å². The molecule has 1 aliphatic heterocycles. The Hall–Kier alpha value is -0.690. The second-order valence-electron chi connectivity index (χ2n) is 5.05. The van der Waals surface area contributed by atoms with Crippen LogP contribution in [0.2, 0.25) is 0 Å². The van der Waals surface area contributed by atoms with E-state index in [2.05, 4.69) is 10.6 Å². The molecule has 4 N–H and O–H groups in total. The predicted octanol–water partition coefficient (Wildman–Crippen LogP) is -0.820. The summed E-state index contributed by atoms with van der Waals surface area (Å²) >= 11 is 0. The van der Waals surface area contributed by atoms with Gasteiger partial charge in [-0.15, -0.1) is 0 Å². The third-order valence-corrected chi connectivity index (χ3v) is 3.11. The van der Waals surface area contributed by atoms with Gasteiger partial charge in [0.05, 0.1) is 17.6 Å². The number of aliphatic hydroxyl groups is 1. The second kappa shape index (κ2) is 5.77. The maximum absolute atomic E-state index is 10.8. The summed E-state index contributed by atoms with van der Waals surface area (Å²) in [5, 5.41) is 25.1. The van der Waals surface area contributed by atoms with Crippen LogP contribution in [-0.4, -0.2) is 60.7 Å². The fraction of sp³-hybridized carbons (Fsp3) is 0.909. The Morgan fingerprint density at radius 3 is 2.65 bits per heavy atom. The molecule has 0 spiro atoms. The van der Waals surface area contributed by atoms with E-state index < -0.39 is 17.1 Å². The highest BCUT2D eigenvalue weighted by Gasteiger charge is 2.39. The van der Waals surface area contributed by atoms with E-state index in [-0.39, 0.29) is 6.42 Å². The summed E-state index contributed by atoms with van der Waals surface area (Å²) < 4.78 is 4.92. The molecule has 100 valence electrons. The fourth-order valence-electron chi connectivity index (χ4n) is 1.82. The molecule has 0 saturated carbocycles. The molecule has 1 saturated heterocycles. The number of rotatable bonds is 8. The molecule has 0 bridgehead atoms. The molecule has 1 fully saturated rings. The zero-order valence-electron chi connectivity index (χ0n) is 10.5. The summed E-state index contributed by atoms with van der Waals surface area (Å²) in [5.74, 6) is -0.824. The number of ether oxygens (including phenoxy) is 1. The first-order valence-electron chi connectivity index (χ1n) is 5.78. The number of aliphatic carboxylic acids is 1. The summed E-state index contributed by atoms with van der Waals surface area (Å²) in [7, 11) is 1.59. The van der Waals surface area contributed by atoms with E-state index in [4.69, 9.17) is 9.84 Å². The second-order valence-corrected chi connectivity index (χ2v) is 5.05. The summed E-state index contributed by atoms with van der Waals surface area (Å²) in [4.78, 5) is 10.8. The van der Waals surface area contributed by atoms with Gasteiger partial charge in [0.2, 0.25) is 0 Å². The molecule has 1 heterocycles. The minimum Gasteiger partial charge on any atom is -0.481 e. The largest absolute Gasteiger partial charge is 0.481 e. The van der Waals surface area contributed by atoms with E-state index in [0.717, 1.165) is 0 Å². The molecule has 6 nitrogen and oxygen atoms in total. The lowest BCUT2D eigenvalue weighted by Gasteiger charge is -2.44. The summed E-state index contributed by atoms with van der Waals surface area (Å²) in [6.07, 6.45) is 0.591. The first-order valence-corrected chi connectivity index (χ1v) is 5.78. The fourth-order valence-corrected chi connectivity index (χ4v) is 1.82. The third kappa shape index (κ3) is 4.59. The highest BCUT2D eigenvalue weighted by Crippen LogP contribution is 2.18. The Bertz CT molecular complexity index is 264. The number of hydrogen-bond donors (Lipinski definition) is 4. The quantitative estimate of drug-likeness (QED) is 0.447. The van der Waals surface area contributed by atoms with Crippen LogP contribution in [0.3, 0.4) is 0 Å². The van der Waals surface area contributed by atoms with Crippen molar-refractivity contribution in [3.63, 3.8) is 0 Å². The van der Waals surface area contributed by atoms with Crippen molar-refractivity contribution in [3.8, 4) is 0 Å². The average Bonchev–Trinajstić information content (AvgIpc) is 2.18. The number of carboxylic acids is 1. The van der Waals surface area contributed by atoms with Crippen LogP contribution in [0.1, 0.15) is 19.8 Å². The first kappa shape index (κ1) is 14.4. The van der Waals surface area contributed by atoms with Crippen LogP contribution in [0, 0.1) is 0 Å². The van der Waals surface area contributed by atoms with E-state index in [1.54, 1.807) is 14.0 Å². The molecular weight excluding hydrogens is 224 g/mol. The van der Waals surface area contributed by atoms with Crippen LogP contribution < -0.4 is 10.6 Å². The highest BCUT2D eigenvalue weighted by molar-refractivity contribution is 5.68. The van der Waals surface area contributed by atoms with Crippen molar-refractivity contribution < 1.29 is 19.7 Å². The first-order chi connectivity index (χ1) is 7.89. The minimum atomic E-state index is -0.878. The number of hydrogen-bond acceptors (Lipinski definition) is 5. The number of carbonyl (C=O) groups is 1. The van der Waals surface area contributed by atoms with E-state index >= 15 is 0 Å². The smallest absolute Gasteiger partial charge is 0.305 e. The Morgan fingerprint density at radius 2 is 2.24 bits per heavy atom. The van der Waals surface area contributed by atoms with Crippen molar-refractivity contribution in [2.24, 2.45) is 0 Å². The maximum Gasteiger partial charge on any atom is 0.305 e. The van der Waals surface area contributed by atoms with Crippen molar-refractivity contribution in [1.29, 1.82) is 0 Å². The van der Waals surface area contributed by atoms with Gasteiger partial charge in [-0.3, -0.25) is 4.79 Å². The molecule has 1 unspecified atom stereocenters. The van der Waals surface area contributed by atoms with Crippen molar-refractivity contribution in [1.82, 2.24) is 10.6 Å². The van der Waals surface area contributed by atoms with Gasteiger partial charge in [-0.05, 0) is 6.92 Å². The van der Waals surface area contributed by atoms with E-state index in [0.29, 0.717) is 32.7 Å². The zero-order chi connectivity index (χ0) is 12.9. The van der Waals surface area contributed by atoms with Gasteiger partial charge in [0.15, 0.2) is 0 Å². The molecule has 0 aromatic heterocycles. The van der Waals surface area contributed by atoms with Crippen LogP contribution >= 0.6 is 0 Å². The van der Waals surface area contributed by atoms with E-state index in [1.165, 1.54) is 0 Å². The lowest BCUT2D eigenvalue weighted by molar-refractivity contribution is -0.139. The van der Waals surface area contributed by atoms with E-state index in [1.807, 2.05) is 0 Å². The summed E-state index contributed by atoms with van der Waals surface area (Å²) in [5.41, 5.74) is -1.29. The topological polar surface area (TPSA) is 90.8 Å². The Kier molecular flexibility index (Phi) is 4.88. The van der Waals surface area contributed by atoms with Crippen LogP contribution in [-0.2, 0) is 9.53 Å². The Labute approximate surface area is 101 Å². The molecular formula is C11H22N2O4. The van der Waals surface area contributed by atoms with Gasteiger partial charge in [0, 0.05) is 39.8 Å². The molecule has 0 aromatic rings. The average molecular weight is 246 g/mol.